The second-order valence-corrected chi connectivity index (χ2v) is 6.63. The Labute approximate surface area is 124 Å². The second-order valence-electron chi connectivity index (χ2n) is 6.63. The summed E-state index contributed by atoms with van der Waals surface area (Å²) in [5.41, 5.74) is 2.73. The van der Waals surface area contributed by atoms with Gasteiger partial charge in [-0.2, -0.15) is 0 Å². The largest absolute Gasteiger partial charge is 0.396 e. The molecular weight excluding hydrogens is 246 g/mol. The molecule has 2 nitrogen and oxygen atoms in total. The molecule has 114 valence electrons. The molecule has 20 heavy (non-hydrogen) atoms. The molecule has 1 rings (SSSR count). The number of aryl methyl sites for hydroxylation is 1. The molecule has 1 aromatic carbocycles. The third kappa shape index (κ3) is 5.26. The van der Waals surface area contributed by atoms with Crippen LogP contribution in [0.1, 0.15) is 51.3 Å². The summed E-state index contributed by atoms with van der Waals surface area (Å²) >= 11 is 0. The van der Waals surface area contributed by atoms with Crippen LogP contribution in [0.15, 0.2) is 24.3 Å². The molecule has 1 aromatic rings. The fraction of sp³-hybridized carbons (Fsp3) is 0.667. The minimum absolute atomic E-state index is 0.257. The first-order valence-corrected chi connectivity index (χ1v) is 7.85. The van der Waals surface area contributed by atoms with Gasteiger partial charge in [0.2, 0.25) is 0 Å². The zero-order valence-corrected chi connectivity index (χ0v) is 13.7. The molecule has 2 heteroatoms. The maximum atomic E-state index is 9.48. The van der Waals surface area contributed by atoms with E-state index in [1.54, 1.807) is 0 Å². The SMILES string of the molecule is Cc1ccccc1C(CC(C)C)NCC(CO)C(C)C. The lowest BCUT2D eigenvalue weighted by atomic mass is 9.92. The van der Waals surface area contributed by atoms with Crippen LogP contribution in [-0.2, 0) is 0 Å². The Kier molecular flexibility index (Phi) is 7.25. The van der Waals surface area contributed by atoms with Crippen LogP contribution in [0.3, 0.4) is 0 Å². The molecular formula is C18H31NO. The van der Waals surface area contributed by atoms with E-state index in [1.165, 1.54) is 11.1 Å². The first-order chi connectivity index (χ1) is 9.45. The number of hydrogen-bond donors (Lipinski definition) is 2. The van der Waals surface area contributed by atoms with Crippen molar-refractivity contribution >= 4 is 0 Å². The fourth-order valence-corrected chi connectivity index (χ4v) is 2.57. The highest BCUT2D eigenvalue weighted by Crippen LogP contribution is 2.24. The van der Waals surface area contributed by atoms with Crippen molar-refractivity contribution < 1.29 is 5.11 Å². The van der Waals surface area contributed by atoms with Crippen LogP contribution < -0.4 is 5.32 Å². The normalized spacial score (nSPS) is 14.8. The molecule has 0 spiro atoms. The Morgan fingerprint density at radius 1 is 1.10 bits per heavy atom. The van der Waals surface area contributed by atoms with Crippen LogP contribution in [0.25, 0.3) is 0 Å². The summed E-state index contributed by atoms with van der Waals surface area (Å²) in [6.07, 6.45) is 1.13. The maximum absolute atomic E-state index is 9.48. The molecule has 2 unspecified atom stereocenters. The van der Waals surface area contributed by atoms with Crippen LogP contribution in [-0.4, -0.2) is 18.3 Å². The van der Waals surface area contributed by atoms with E-state index in [9.17, 15) is 5.11 Å². The Hall–Kier alpha value is -0.860. The standard InChI is InChI=1S/C18H31NO/c1-13(2)10-18(17-9-7-6-8-15(17)5)19-11-16(12-20)14(3)4/h6-9,13-14,16,18-20H,10-12H2,1-5H3. The predicted molar refractivity (Wildman–Crippen MR) is 86.8 cm³/mol. The zero-order valence-electron chi connectivity index (χ0n) is 13.7. The number of nitrogens with one attached hydrogen (secondary N) is 1. The van der Waals surface area contributed by atoms with Gasteiger partial charge in [-0.25, -0.2) is 0 Å². The lowest BCUT2D eigenvalue weighted by Crippen LogP contribution is -2.32. The summed E-state index contributed by atoms with van der Waals surface area (Å²) in [6, 6.07) is 8.98. The monoisotopic (exact) mass is 277 g/mol. The third-order valence-corrected chi connectivity index (χ3v) is 4.07. The molecule has 0 aliphatic carbocycles. The summed E-state index contributed by atoms with van der Waals surface area (Å²) < 4.78 is 0. The Bertz CT molecular complexity index is 387. The predicted octanol–water partition coefficient (Wildman–Crippen LogP) is 3.94. The first kappa shape index (κ1) is 17.2. The molecule has 0 aromatic heterocycles. The highest BCUT2D eigenvalue weighted by Gasteiger charge is 2.18. The van der Waals surface area contributed by atoms with Gasteiger partial charge >= 0.3 is 0 Å². The average molecular weight is 277 g/mol. The van der Waals surface area contributed by atoms with Crippen molar-refractivity contribution in [3.8, 4) is 0 Å². The van der Waals surface area contributed by atoms with Crippen LogP contribution >= 0.6 is 0 Å². The molecule has 0 aliphatic heterocycles. The van der Waals surface area contributed by atoms with Gasteiger partial charge in [-0.15, -0.1) is 0 Å². The van der Waals surface area contributed by atoms with E-state index >= 15 is 0 Å². The molecule has 0 fully saturated rings. The van der Waals surface area contributed by atoms with Crippen molar-refractivity contribution in [3.05, 3.63) is 35.4 Å². The van der Waals surface area contributed by atoms with Crippen molar-refractivity contribution in [2.75, 3.05) is 13.2 Å². The van der Waals surface area contributed by atoms with Gasteiger partial charge in [0, 0.05) is 19.2 Å². The van der Waals surface area contributed by atoms with Crippen molar-refractivity contribution in [1.82, 2.24) is 5.32 Å². The number of aliphatic hydroxyl groups excluding tert-OH is 1. The number of benzene rings is 1. The van der Waals surface area contributed by atoms with E-state index in [1.807, 2.05) is 0 Å². The Morgan fingerprint density at radius 2 is 1.75 bits per heavy atom. The smallest absolute Gasteiger partial charge is 0.0473 e. The summed E-state index contributed by atoms with van der Waals surface area (Å²) in [4.78, 5) is 0. The molecule has 0 saturated heterocycles. The minimum atomic E-state index is 0.257. The lowest BCUT2D eigenvalue weighted by Gasteiger charge is -2.26. The van der Waals surface area contributed by atoms with Crippen molar-refractivity contribution in [2.24, 2.45) is 17.8 Å². The van der Waals surface area contributed by atoms with E-state index in [2.05, 4.69) is 64.2 Å². The van der Waals surface area contributed by atoms with Gasteiger partial charge in [0.25, 0.3) is 0 Å². The Balaban J connectivity index is 2.78. The quantitative estimate of drug-likeness (QED) is 0.754. The average Bonchev–Trinajstić information content (AvgIpc) is 2.38. The lowest BCUT2D eigenvalue weighted by molar-refractivity contribution is 0.181. The summed E-state index contributed by atoms with van der Waals surface area (Å²) in [5, 5.41) is 13.2. The number of aliphatic hydroxyl groups is 1. The highest BCUT2D eigenvalue weighted by molar-refractivity contribution is 5.28. The second kappa shape index (κ2) is 8.43. The number of hydrogen-bond acceptors (Lipinski definition) is 2. The minimum Gasteiger partial charge on any atom is -0.396 e. The van der Waals surface area contributed by atoms with E-state index in [-0.39, 0.29) is 6.61 Å². The van der Waals surface area contributed by atoms with Gasteiger partial charge in [-0.1, -0.05) is 52.0 Å². The van der Waals surface area contributed by atoms with Gasteiger partial charge in [-0.3, -0.25) is 0 Å². The van der Waals surface area contributed by atoms with E-state index in [0.29, 0.717) is 23.8 Å². The zero-order chi connectivity index (χ0) is 15.1. The molecule has 0 aliphatic rings. The first-order valence-electron chi connectivity index (χ1n) is 7.85. The van der Waals surface area contributed by atoms with Crippen LogP contribution in [0.2, 0.25) is 0 Å². The molecule has 2 atom stereocenters. The van der Waals surface area contributed by atoms with Crippen molar-refractivity contribution in [2.45, 2.75) is 47.1 Å². The van der Waals surface area contributed by atoms with Crippen LogP contribution in [0.4, 0.5) is 0 Å². The van der Waals surface area contributed by atoms with Crippen molar-refractivity contribution in [3.63, 3.8) is 0 Å². The third-order valence-electron chi connectivity index (χ3n) is 4.07. The van der Waals surface area contributed by atoms with E-state index < -0.39 is 0 Å². The van der Waals surface area contributed by atoms with Gasteiger partial charge in [-0.05, 0) is 42.2 Å². The molecule has 0 amide bonds. The molecule has 0 saturated carbocycles. The fourth-order valence-electron chi connectivity index (χ4n) is 2.57. The molecule has 2 N–H and O–H groups in total. The summed E-state index contributed by atoms with van der Waals surface area (Å²) in [5.74, 6) is 1.48. The van der Waals surface area contributed by atoms with Gasteiger partial charge in [0.1, 0.15) is 0 Å². The topological polar surface area (TPSA) is 32.3 Å². The number of rotatable bonds is 8. The van der Waals surface area contributed by atoms with Gasteiger partial charge < -0.3 is 10.4 Å². The summed E-state index contributed by atoms with van der Waals surface area (Å²) in [7, 11) is 0. The van der Waals surface area contributed by atoms with E-state index in [0.717, 1.165) is 13.0 Å². The summed E-state index contributed by atoms with van der Waals surface area (Å²) in [6.45, 7) is 12.2. The van der Waals surface area contributed by atoms with Gasteiger partial charge in [0.15, 0.2) is 0 Å². The van der Waals surface area contributed by atoms with Crippen molar-refractivity contribution in [1.29, 1.82) is 0 Å². The van der Waals surface area contributed by atoms with Crippen LogP contribution in [0.5, 0.6) is 0 Å². The van der Waals surface area contributed by atoms with E-state index in [4.69, 9.17) is 0 Å². The Morgan fingerprint density at radius 3 is 2.25 bits per heavy atom. The van der Waals surface area contributed by atoms with Crippen LogP contribution in [0, 0.1) is 24.7 Å². The maximum Gasteiger partial charge on any atom is 0.0473 e. The molecule has 0 radical (unpaired) electrons. The van der Waals surface area contributed by atoms with Gasteiger partial charge in [0.05, 0.1) is 0 Å². The highest BCUT2D eigenvalue weighted by atomic mass is 16.3. The molecule has 0 bridgehead atoms. The molecule has 0 heterocycles.